The number of amides is 1. The number of anilines is 1. The molecule has 4 rings (SSSR count). The van der Waals surface area contributed by atoms with E-state index in [-0.39, 0.29) is 5.91 Å². The van der Waals surface area contributed by atoms with Gasteiger partial charge in [0.05, 0.1) is 12.2 Å². The van der Waals surface area contributed by atoms with Crippen molar-refractivity contribution in [3.05, 3.63) is 46.6 Å². The zero-order valence-corrected chi connectivity index (χ0v) is 16.0. The van der Waals surface area contributed by atoms with Crippen molar-refractivity contribution in [3.63, 3.8) is 0 Å². The van der Waals surface area contributed by atoms with Gasteiger partial charge in [-0.05, 0) is 18.1 Å². The Morgan fingerprint density at radius 2 is 2.27 bits per heavy atom. The highest BCUT2D eigenvalue weighted by molar-refractivity contribution is 7.15. The number of para-hydroxylation sites is 1. The minimum atomic E-state index is 0.0642. The fourth-order valence-corrected chi connectivity index (χ4v) is 4.24. The Labute approximate surface area is 157 Å². The molecule has 3 heterocycles. The second kappa shape index (κ2) is 7.11. The van der Waals surface area contributed by atoms with E-state index < -0.39 is 0 Å². The average molecular weight is 369 g/mol. The Bertz CT molecular complexity index is 896. The standard InChI is InChI=1S/C20H24N4OS/c1-3-13(2)11-21-20-23-16-8-9-24(12-18(16)26-20)19(25)17-10-14-6-4-5-7-15(14)22-17/h4-7,10,13,22H,3,8-9,11-12H2,1-2H3,(H,21,23). The first-order valence-corrected chi connectivity index (χ1v) is 10.0. The maximum absolute atomic E-state index is 12.9. The fraction of sp³-hybridized carbons (Fsp3) is 0.400. The molecule has 1 aliphatic heterocycles. The Hall–Kier alpha value is -2.34. The van der Waals surface area contributed by atoms with Crippen LogP contribution in [0.25, 0.3) is 10.9 Å². The van der Waals surface area contributed by atoms with E-state index in [0.717, 1.165) is 47.7 Å². The van der Waals surface area contributed by atoms with E-state index in [1.807, 2.05) is 35.2 Å². The summed E-state index contributed by atoms with van der Waals surface area (Å²) in [5.74, 6) is 0.699. The molecule has 0 radical (unpaired) electrons. The van der Waals surface area contributed by atoms with Crippen LogP contribution in [-0.4, -0.2) is 33.9 Å². The summed E-state index contributed by atoms with van der Waals surface area (Å²) in [5, 5.41) is 5.50. The monoisotopic (exact) mass is 368 g/mol. The van der Waals surface area contributed by atoms with Crippen molar-refractivity contribution in [1.29, 1.82) is 0 Å². The largest absolute Gasteiger partial charge is 0.361 e. The molecule has 2 N–H and O–H groups in total. The van der Waals surface area contributed by atoms with Crippen LogP contribution >= 0.6 is 11.3 Å². The number of thiazole rings is 1. The van der Waals surface area contributed by atoms with Crippen LogP contribution in [-0.2, 0) is 13.0 Å². The van der Waals surface area contributed by atoms with Gasteiger partial charge in [-0.25, -0.2) is 4.98 Å². The lowest BCUT2D eigenvalue weighted by Crippen LogP contribution is -2.35. The number of hydrogen-bond acceptors (Lipinski definition) is 4. The highest BCUT2D eigenvalue weighted by atomic mass is 32.1. The van der Waals surface area contributed by atoms with Gasteiger partial charge in [0.2, 0.25) is 0 Å². The Morgan fingerprint density at radius 3 is 3.08 bits per heavy atom. The molecule has 1 aromatic carbocycles. The van der Waals surface area contributed by atoms with Gasteiger partial charge in [0.1, 0.15) is 5.69 Å². The molecule has 6 heteroatoms. The molecular formula is C20H24N4OS. The van der Waals surface area contributed by atoms with Gasteiger partial charge in [-0.1, -0.05) is 49.8 Å². The van der Waals surface area contributed by atoms with Gasteiger partial charge in [0.25, 0.3) is 5.91 Å². The second-order valence-corrected chi connectivity index (χ2v) is 8.11. The summed E-state index contributed by atoms with van der Waals surface area (Å²) in [6, 6.07) is 9.93. The van der Waals surface area contributed by atoms with Gasteiger partial charge in [-0.15, -0.1) is 0 Å². The van der Waals surface area contributed by atoms with Crippen LogP contribution in [0.15, 0.2) is 30.3 Å². The summed E-state index contributed by atoms with van der Waals surface area (Å²) in [5.41, 5.74) is 2.81. The van der Waals surface area contributed by atoms with E-state index in [0.29, 0.717) is 18.2 Å². The minimum Gasteiger partial charge on any atom is -0.361 e. The third-order valence-electron chi connectivity index (χ3n) is 5.08. The number of carbonyl (C=O) groups is 1. The predicted molar refractivity (Wildman–Crippen MR) is 107 cm³/mol. The van der Waals surface area contributed by atoms with Crippen LogP contribution in [0, 0.1) is 5.92 Å². The maximum Gasteiger partial charge on any atom is 0.270 e. The first kappa shape index (κ1) is 17.1. The zero-order valence-electron chi connectivity index (χ0n) is 15.2. The number of fused-ring (bicyclic) bond motifs is 2. The topological polar surface area (TPSA) is 61.0 Å². The van der Waals surface area contributed by atoms with Crippen molar-refractivity contribution in [3.8, 4) is 0 Å². The van der Waals surface area contributed by atoms with Crippen LogP contribution in [0.3, 0.4) is 0 Å². The third-order valence-corrected chi connectivity index (χ3v) is 6.12. The van der Waals surface area contributed by atoms with Gasteiger partial charge in [0, 0.05) is 35.3 Å². The minimum absolute atomic E-state index is 0.0642. The van der Waals surface area contributed by atoms with Crippen LogP contribution in [0.1, 0.15) is 41.3 Å². The molecule has 3 aromatic rings. The molecule has 26 heavy (non-hydrogen) atoms. The number of rotatable bonds is 5. The summed E-state index contributed by atoms with van der Waals surface area (Å²) in [6.45, 7) is 6.75. The number of aromatic nitrogens is 2. The van der Waals surface area contributed by atoms with Crippen LogP contribution in [0.4, 0.5) is 5.13 Å². The third kappa shape index (κ3) is 3.33. The van der Waals surface area contributed by atoms with Crippen molar-refractivity contribution in [2.45, 2.75) is 33.2 Å². The van der Waals surface area contributed by atoms with Crippen LogP contribution < -0.4 is 5.32 Å². The number of hydrogen-bond donors (Lipinski definition) is 2. The lowest BCUT2D eigenvalue weighted by atomic mass is 10.1. The Morgan fingerprint density at radius 1 is 1.42 bits per heavy atom. The first-order valence-electron chi connectivity index (χ1n) is 9.23. The zero-order chi connectivity index (χ0) is 18.1. The number of carbonyl (C=O) groups excluding carboxylic acids is 1. The van der Waals surface area contributed by atoms with Crippen molar-refractivity contribution in [2.24, 2.45) is 5.92 Å². The molecular weight excluding hydrogens is 344 g/mol. The van der Waals surface area contributed by atoms with Crippen molar-refractivity contribution in [2.75, 3.05) is 18.4 Å². The molecule has 1 amide bonds. The van der Waals surface area contributed by atoms with Crippen LogP contribution in [0.5, 0.6) is 0 Å². The number of aromatic amines is 1. The maximum atomic E-state index is 12.9. The van der Waals surface area contributed by atoms with E-state index in [4.69, 9.17) is 4.98 Å². The summed E-state index contributed by atoms with van der Waals surface area (Å²) in [4.78, 5) is 24.0. The molecule has 5 nitrogen and oxygen atoms in total. The van der Waals surface area contributed by atoms with Crippen molar-refractivity contribution >= 4 is 33.3 Å². The summed E-state index contributed by atoms with van der Waals surface area (Å²) < 4.78 is 0. The quantitative estimate of drug-likeness (QED) is 0.706. The lowest BCUT2D eigenvalue weighted by molar-refractivity contribution is 0.0731. The number of H-pyrrole nitrogens is 1. The van der Waals surface area contributed by atoms with Gasteiger partial charge >= 0.3 is 0 Å². The highest BCUT2D eigenvalue weighted by Crippen LogP contribution is 2.29. The molecule has 2 aromatic heterocycles. The fourth-order valence-electron chi connectivity index (χ4n) is 3.21. The molecule has 1 unspecified atom stereocenters. The summed E-state index contributed by atoms with van der Waals surface area (Å²) in [6.07, 6.45) is 1.98. The van der Waals surface area contributed by atoms with E-state index in [1.165, 1.54) is 4.88 Å². The molecule has 0 saturated carbocycles. The number of nitrogens with one attached hydrogen (secondary N) is 2. The highest BCUT2D eigenvalue weighted by Gasteiger charge is 2.25. The molecule has 0 aliphatic carbocycles. The van der Waals surface area contributed by atoms with Gasteiger partial charge in [0.15, 0.2) is 5.13 Å². The molecule has 1 atom stereocenters. The van der Waals surface area contributed by atoms with E-state index in [2.05, 4.69) is 24.1 Å². The number of nitrogens with zero attached hydrogens (tertiary/aromatic N) is 2. The normalized spacial score (nSPS) is 15.1. The summed E-state index contributed by atoms with van der Waals surface area (Å²) >= 11 is 1.68. The van der Waals surface area contributed by atoms with Crippen molar-refractivity contribution in [1.82, 2.24) is 14.9 Å². The molecule has 1 aliphatic rings. The molecule has 0 spiro atoms. The average Bonchev–Trinajstić information content (AvgIpc) is 3.28. The molecule has 0 fully saturated rings. The van der Waals surface area contributed by atoms with E-state index >= 15 is 0 Å². The Kier molecular flexibility index (Phi) is 4.68. The second-order valence-electron chi connectivity index (χ2n) is 7.03. The number of benzene rings is 1. The smallest absolute Gasteiger partial charge is 0.270 e. The van der Waals surface area contributed by atoms with E-state index in [1.54, 1.807) is 11.3 Å². The predicted octanol–water partition coefficient (Wildman–Crippen LogP) is 4.28. The molecule has 0 bridgehead atoms. The Balaban J connectivity index is 1.47. The summed E-state index contributed by atoms with van der Waals surface area (Å²) in [7, 11) is 0. The lowest BCUT2D eigenvalue weighted by Gasteiger charge is -2.25. The first-order chi connectivity index (χ1) is 12.6. The molecule has 136 valence electrons. The molecule has 0 saturated heterocycles. The van der Waals surface area contributed by atoms with Gasteiger partial charge < -0.3 is 15.2 Å². The van der Waals surface area contributed by atoms with Crippen molar-refractivity contribution < 1.29 is 4.79 Å². The van der Waals surface area contributed by atoms with Gasteiger partial charge in [-0.2, -0.15) is 0 Å². The van der Waals surface area contributed by atoms with Crippen LogP contribution in [0.2, 0.25) is 0 Å². The SMILES string of the molecule is CCC(C)CNc1nc2c(s1)CN(C(=O)c1cc3ccccc3[nH]1)CC2. The van der Waals surface area contributed by atoms with Gasteiger partial charge in [-0.3, -0.25) is 4.79 Å². The van der Waals surface area contributed by atoms with E-state index in [9.17, 15) is 4.79 Å².